The van der Waals surface area contributed by atoms with E-state index >= 15 is 0 Å². The predicted molar refractivity (Wildman–Crippen MR) is 50.1 cm³/mol. The first-order valence-corrected chi connectivity index (χ1v) is 5.71. The van der Waals surface area contributed by atoms with Gasteiger partial charge in [0.2, 0.25) is 0 Å². The van der Waals surface area contributed by atoms with E-state index in [0.29, 0.717) is 0 Å². The van der Waals surface area contributed by atoms with Gasteiger partial charge in [0, 0.05) is 12.1 Å². The lowest BCUT2D eigenvalue weighted by atomic mass is 9.84. The highest BCUT2D eigenvalue weighted by Gasteiger charge is 2.43. The Kier molecular flexibility index (Phi) is 1.68. The summed E-state index contributed by atoms with van der Waals surface area (Å²) < 4.78 is 0. The summed E-state index contributed by atoms with van der Waals surface area (Å²) in [5.74, 6) is 1.10. The molecule has 0 amide bonds. The van der Waals surface area contributed by atoms with Gasteiger partial charge in [-0.05, 0) is 44.6 Å². The Hall–Kier alpha value is -0.0400. The van der Waals surface area contributed by atoms with Gasteiger partial charge in [-0.25, -0.2) is 0 Å². The molecule has 0 aromatic heterocycles. The van der Waals surface area contributed by atoms with Gasteiger partial charge in [-0.2, -0.15) is 0 Å². The Labute approximate surface area is 75.1 Å². The zero-order valence-corrected chi connectivity index (χ0v) is 7.84. The van der Waals surface area contributed by atoms with Crippen LogP contribution in [0.1, 0.15) is 44.9 Å². The lowest BCUT2D eigenvalue weighted by Gasteiger charge is -2.30. The van der Waals surface area contributed by atoms with Crippen molar-refractivity contribution in [3.63, 3.8) is 0 Å². The van der Waals surface area contributed by atoms with Crippen molar-refractivity contribution in [1.82, 2.24) is 4.90 Å². The topological polar surface area (TPSA) is 3.24 Å². The second-order valence-electron chi connectivity index (χ2n) is 4.88. The van der Waals surface area contributed by atoms with E-state index in [1.54, 1.807) is 6.42 Å². The zero-order valence-electron chi connectivity index (χ0n) is 7.84. The normalized spacial score (nSPS) is 47.5. The number of hydrogen-bond donors (Lipinski definition) is 0. The summed E-state index contributed by atoms with van der Waals surface area (Å²) in [7, 11) is 0. The van der Waals surface area contributed by atoms with Crippen LogP contribution in [0.4, 0.5) is 0 Å². The van der Waals surface area contributed by atoms with Gasteiger partial charge in [-0.3, -0.25) is 4.90 Å². The SMILES string of the molecule is C1CCC2C(C1)CC1CCCN12. The first kappa shape index (κ1) is 7.37. The molecule has 12 heavy (non-hydrogen) atoms. The van der Waals surface area contributed by atoms with Crippen molar-refractivity contribution >= 4 is 0 Å². The van der Waals surface area contributed by atoms with Crippen LogP contribution in [0.3, 0.4) is 0 Å². The van der Waals surface area contributed by atoms with Crippen LogP contribution in [0.25, 0.3) is 0 Å². The van der Waals surface area contributed by atoms with Gasteiger partial charge >= 0.3 is 0 Å². The van der Waals surface area contributed by atoms with Crippen molar-refractivity contribution in [1.29, 1.82) is 0 Å². The van der Waals surface area contributed by atoms with Crippen molar-refractivity contribution in [2.24, 2.45) is 5.92 Å². The van der Waals surface area contributed by atoms with Crippen LogP contribution in [0.2, 0.25) is 0 Å². The first-order valence-electron chi connectivity index (χ1n) is 5.71. The van der Waals surface area contributed by atoms with Gasteiger partial charge in [-0.1, -0.05) is 12.8 Å². The fourth-order valence-corrected chi connectivity index (χ4v) is 3.80. The number of fused-ring (bicyclic) bond motifs is 3. The maximum Gasteiger partial charge on any atom is 0.0127 e. The molecule has 3 fully saturated rings. The van der Waals surface area contributed by atoms with Crippen LogP contribution in [0.5, 0.6) is 0 Å². The molecule has 1 aliphatic carbocycles. The molecule has 2 saturated heterocycles. The molecule has 0 spiro atoms. The van der Waals surface area contributed by atoms with Crippen molar-refractivity contribution in [2.75, 3.05) is 6.54 Å². The number of nitrogens with zero attached hydrogens (tertiary/aromatic N) is 1. The summed E-state index contributed by atoms with van der Waals surface area (Å²) in [5, 5.41) is 0. The van der Waals surface area contributed by atoms with Crippen molar-refractivity contribution in [3.8, 4) is 0 Å². The van der Waals surface area contributed by atoms with E-state index in [1.165, 1.54) is 45.1 Å². The van der Waals surface area contributed by atoms with Crippen LogP contribution in [0.15, 0.2) is 0 Å². The molecule has 0 aromatic carbocycles. The quantitative estimate of drug-likeness (QED) is 0.533. The largest absolute Gasteiger partial charge is 0.297 e. The van der Waals surface area contributed by atoms with Crippen molar-refractivity contribution < 1.29 is 0 Å². The highest BCUT2D eigenvalue weighted by atomic mass is 15.2. The second kappa shape index (κ2) is 2.73. The third-order valence-electron chi connectivity index (χ3n) is 4.29. The molecule has 2 aliphatic heterocycles. The highest BCUT2D eigenvalue weighted by Crippen LogP contribution is 2.43. The minimum atomic E-state index is 1.01. The average Bonchev–Trinajstić information content (AvgIpc) is 2.62. The van der Waals surface area contributed by atoms with Crippen LogP contribution < -0.4 is 0 Å². The van der Waals surface area contributed by atoms with Crippen LogP contribution in [-0.2, 0) is 0 Å². The Morgan fingerprint density at radius 2 is 1.83 bits per heavy atom. The molecule has 3 unspecified atom stereocenters. The van der Waals surface area contributed by atoms with Gasteiger partial charge in [0.25, 0.3) is 0 Å². The van der Waals surface area contributed by atoms with E-state index in [2.05, 4.69) is 4.90 Å². The van der Waals surface area contributed by atoms with E-state index in [0.717, 1.165) is 18.0 Å². The lowest BCUT2D eigenvalue weighted by Crippen LogP contribution is -2.35. The first-order chi connectivity index (χ1) is 5.95. The summed E-state index contributed by atoms with van der Waals surface area (Å²) >= 11 is 0. The molecule has 3 atom stereocenters. The standard InChI is InChI=1S/C11H19N/c1-2-6-11-9(4-1)8-10-5-3-7-12(10)11/h9-11H,1-8H2. The Balaban J connectivity index is 1.79. The minimum Gasteiger partial charge on any atom is -0.297 e. The Morgan fingerprint density at radius 3 is 2.83 bits per heavy atom. The van der Waals surface area contributed by atoms with Gasteiger partial charge in [0.15, 0.2) is 0 Å². The molecule has 68 valence electrons. The third kappa shape index (κ3) is 0.953. The summed E-state index contributed by atoms with van der Waals surface area (Å²) in [6.45, 7) is 1.42. The van der Waals surface area contributed by atoms with Gasteiger partial charge in [0.1, 0.15) is 0 Å². The lowest BCUT2D eigenvalue weighted by molar-refractivity contribution is 0.183. The molecule has 0 N–H and O–H groups in total. The fraction of sp³-hybridized carbons (Fsp3) is 1.00. The van der Waals surface area contributed by atoms with Crippen LogP contribution in [0, 0.1) is 5.92 Å². The number of rotatable bonds is 0. The fourth-order valence-electron chi connectivity index (χ4n) is 3.80. The summed E-state index contributed by atoms with van der Waals surface area (Å²) in [6, 6.07) is 2.03. The third-order valence-corrected chi connectivity index (χ3v) is 4.29. The molecule has 1 nitrogen and oxygen atoms in total. The Morgan fingerprint density at radius 1 is 0.917 bits per heavy atom. The summed E-state index contributed by atoms with van der Waals surface area (Å²) in [6.07, 6.45) is 10.6. The predicted octanol–water partition coefficient (Wildman–Crippen LogP) is 2.41. The van der Waals surface area contributed by atoms with Gasteiger partial charge < -0.3 is 0 Å². The summed E-state index contributed by atoms with van der Waals surface area (Å²) in [5.41, 5.74) is 0. The van der Waals surface area contributed by atoms with Crippen molar-refractivity contribution in [3.05, 3.63) is 0 Å². The molecule has 3 aliphatic rings. The van der Waals surface area contributed by atoms with Gasteiger partial charge in [-0.15, -0.1) is 0 Å². The van der Waals surface area contributed by atoms with E-state index in [1.807, 2.05) is 0 Å². The molecule has 1 saturated carbocycles. The van der Waals surface area contributed by atoms with E-state index in [4.69, 9.17) is 0 Å². The minimum absolute atomic E-state index is 1.01. The Bertz CT molecular complexity index is 178. The molecule has 1 heteroatoms. The van der Waals surface area contributed by atoms with E-state index in [9.17, 15) is 0 Å². The molecule has 3 rings (SSSR count). The maximum atomic E-state index is 2.84. The molecular weight excluding hydrogens is 146 g/mol. The molecule has 2 heterocycles. The molecule has 0 aromatic rings. The second-order valence-corrected chi connectivity index (χ2v) is 4.88. The smallest absolute Gasteiger partial charge is 0.0127 e. The van der Waals surface area contributed by atoms with Crippen molar-refractivity contribution in [2.45, 2.75) is 57.0 Å². The van der Waals surface area contributed by atoms with Crippen LogP contribution >= 0.6 is 0 Å². The highest BCUT2D eigenvalue weighted by molar-refractivity contribution is 4.98. The average molecular weight is 165 g/mol. The summed E-state index contributed by atoms with van der Waals surface area (Å²) in [4.78, 5) is 2.84. The maximum absolute atomic E-state index is 2.84. The van der Waals surface area contributed by atoms with E-state index < -0.39 is 0 Å². The monoisotopic (exact) mass is 165 g/mol. The molecule has 0 radical (unpaired) electrons. The van der Waals surface area contributed by atoms with Crippen LogP contribution in [-0.4, -0.2) is 23.5 Å². The zero-order chi connectivity index (χ0) is 7.97. The molecular formula is C11H19N. The van der Waals surface area contributed by atoms with Gasteiger partial charge in [0.05, 0.1) is 0 Å². The molecule has 0 bridgehead atoms. The number of hydrogen-bond acceptors (Lipinski definition) is 1. The van der Waals surface area contributed by atoms with E-state index in [-0.39, 0.29) is 0 Å².